The molecule has 0 aromatic carbocycles. The van der Waals surface area contributed by atoms with E-state index in [-0.39, 0.29) is 5.91 Å². The van der Waals surface area contributed by atoms with E-state index in [0.29, 0.717) is 24.4 Å². The van der Waals surface area contributed by atoms with Crippen molar-refractivity contribution in [2.45, 2.75) is 65.0 Å². The Morgan fingerprint density at radius 2 is 2.00 bits per heavy atom. The van der Waals surface area contributed by atoms with Crippen molar-refractivity contribution < 1.29 is 4.79 Å². The fourth-order valence-electron chi connectivity index (χ4n) is 2.28. The third-order valence-electron chi connectivity index (χ3n) is 3.36. The Kier molecular flexibility index (Phi) is 5.81. The second kappa shape index (κ2) is 6.89. The number of carbonyl (C=O) groups excluding carboxylic acids is 1. The number of carbonyl (C=O) groups is 1. The van der Waals surface area contributed by atoms with Crippen molar-refractivity contribution in [1.29, 1.82) is 0 Å². The van der Waals surface area contributed by atoms with Gasteiger partial charge in [0.15, 0.2) is 0 Å². The van der Waals surface area contributed by atoms with Crippen LogP contribution in [0, 0.1) is 5.92 Å². The van der Waals surface area contributed by atoms with Crippen LogP contribution in [-0.2, 0) is 4.79 Å². The van der Waals surface area contributed by atoms with Crippen LogP contribution in [-0.4, -0.2) is 24.5 Å². The molecule has 94 valence electrons. The average Bonchev–Trinajstić information content (AvgIpc) is 2.21. The molecule has 3 heteroatoms. The van der Waals surface area contributed by atoms with Crippen molar-refractivity contribution in [3.8, 4) is 0 Å². The molecule has 0 heterocycles. The largest absolute Gasteiger partial charge is 0.353 e. The quantitative estimate of drug-likeness (QED) is 0.753. The summed E-state index contributed by atoms with van der Waals surface area (Å²) in [5, 5.41) is 6.43. The van der Waals surface area contributed by atoms with Gasteiger partial charge in [-0.15, -0.1) is 0 Å². The molecule has 0 aromatic heterocycles. The van der Waals surface area contributed by atoms with Gasteiger partial charge in [0, 0.05) is 25.0 Å². The van der Waals surface area contributed by atoms with Gasteiger partial charge in [0.2, 0.25) is 5.91 Å². The van der Waals surface area contributed by atoms with Crippen molar-refractivity contribution in [3.63, 3.8) is 0 Å². The normalized spacial score (nSPS) is 25.8. The van der Waals surface area contributed by atoms with Crippen molar-refractivity contribution in [3.05, 3.63) is 0 Å². The van der Waals surface area contributed by atoms with Crippen LogP contribution in [0.15, 0.2) is 0 Å². The van der Waals surface area contributed by atoms with Crippen LogP contribution in [0.4, 0.5) is 0 Å². The molecule has 2 atom stereocenters. The Morgan fingerprint density at radius 3 is 2.62 bits per heavy atom. The first-order chi connectivity index (χ1) is 7.59. The predicted octanol–water partition coefficient (Wildman–Crippen LogP) is 2.07. The standard InChI is InChI=1S/C13H26N2O/c1-10(2)14-9-8-13(16)15-12-7-5-4-6-11(12)3/h10-12,14H,4-9H2,1-3H3,(H,15,16). The highest BCUT2D eigenvalue weighted by Gasteiger charge is 2.22. The van der Waals surface area contributed by atoms with Crippen LogP contribution in [0.2, 0.25) is 0 Å². The van der Waals surface area contributed by atoms with Crippen LogP contribution >= 0.6 is 0 Å². The lowest BCUT2D eigenvalue weighted by Crippen LogP contribution is -2.42. The number of nitrogens with one attached hydrogen (secondary N) is 2. The first-order valence-corrected chi connectivity index (χ1v) is 6.62. The topological polar surface area (TPSA) is 41.1 Å². The van der Waals surface area contributed by atoms with E-state index in [9.17, 15) is 4.79 Å². The van der Waals surface area contributed by atoms with E-state index in [4.69, 9.17) is 0 Å². The number of rotatable bonds is 5. The minimum Gasteiger partial charge on any atom is -0.353 e. The SMILES string of the molecule is CC(C)NCCC(=O)NC1CCCCC1C. The summed E-state index contributed by atoms with van der Waals surface area (Å²) in [4.78, 5) is 11.7. The molecular formula is C13H26N2O. The number of amides is 1. The zero-order chi connectivity index (χ0) is 12.0. The summed E-state index contributed by atoms with van der Waals surface area (Å²) in [5.41, 5.74) is 0. The summed E-state index contributed by atoms with van der Waals surface area (Å²) in [5.74, 6) is 0.850. The van der Waals surface area contributed by atoms with Crippen LogP contribution in [0.25, 0.3) is 0 Å². The van der Waals surface area contributed by atoms with E-state index in [1.54, 1.807) is 0 Å². The van der Waals surface area contributed by atoms with Gasteiger partial charge in [-0.05, 0) is 18.8 Å². The molecule has 0 bridgehead atoms. The Labute approximate surface area is 99.4 Å². The molecule has 0 saturated heterocycles. The average molecular weight is 226 g/mol. The van der Waals surface area contributed by atoms with Crippen molar-refractivity contribution >= 4 is 5.91 Å². The summed E-state index contributed by atoms with van der Waals surface area (Å²) in [6.07, 6.45) is 5.60. The van der Waals surface area contributed by atoms with E-state index in [1.807, 2.05) is 0 Å². The zero-order valence-electron chi connectivity index (χ0n) is 10.9. The van der Waals surface area contributed by atoms with E-state index in [1.165, 1.54) is 19.3 Å². The Bertz CT molecular complexity index is 216. The fourth-order valence-corrected chi connectivity index (χ4v) is 2.28. The Morgan fingerprint density at radius 1 is 1.31 bits per heavy atom. The second-order valence-corrected chi connectivity index (χ2v) is 5.29. The van der Waals surface area contributed by atoms with Gasteiger partial charge in [-0.25, -0.2) is 0 Å². The lowest BCUT2D eigenvalue weighted by molar-refractivity contribution is -0.122. The summed E-state index contributed by atoms with van der Waals surface area (Å²) < 4.78 is 0. The van der Waals surface area contributed by atoms with E-state index < -0.39 is 0 Å². The van der Waals surface area contributed by atoms with Crippen molar-refractivity contribution in [1.82, 2.24) is 10.6 Å². The van der Waals surface area contributed by atoms with Gasteiger partial charge in [0.25, 0.3) is 0 Å². The maximum absolute atomic E-state index is 11.7. The van der Waals surface area contributed by atoms with Gasteiger partial charge in [0.1, 0.15) is 0 Å². The van der Waals surface area contributed by atoms with E-state index in [0.717, 1.165) is 13.0 Å². The highest BCUT2D eigenvalue weighted by atomic mass is 16.1. The summed E-state index contributed by atoms with van der Waals surface area (Å²) in [6, 6.07) is 0.877. The van der Waals surface area contributed by atoms with Gasteiger partial charge in [0.05, 0.1) is 0 Å². The molecule has 0 spiro atoms. The minimum absolute atomic E-state index is 0.201. The van der Waals surface area contributed by atoms with E-state index in [2.05, 4.69) is 31.4 Å². The van der Waals surface area contributed by atoms with Crippen molar-refractivity contribution in [2.24, 2.45) is 5.92 Å². The van der Waals surface area contributed by atoms with Gasteiger partial charge < -0.3 is 10.6 Å². The first-order valence-electron chi connectivity index (χ1n) is 6.62. The molecule has 0 aliphatic heterocycles. The predicted molar refractivity (Wildman–Crippen MR) is 67.3 cm³/mol. The van der Waals surface area contributed by atoms with Crippen LogP contribution in [0.3, 0.4) is 0 Å². The molecule has 3 nitrogen and oxygen atoms in total. The van der Waals surface area contributed by atoms with Crippen molar-refractivity contribution in [2.75, 3.05) is 6.54 Å². The molecule has 1 amide bonds. The maximum Gasteiger partial charge on any atom is 0.221 e. The molecule has 16 heavy (non-hydrogen) atoms. The highest BCUT2D eigenvalue weighted by Crippen LogP contribution is 2.23. The van der Waals surface area contributed by atoms with Gasteiger partial charge >= 0.3 is 0 Å². The Hall–Kier alpha value is -0.570. The van der Waals surface area contributed by atoms with Gasteiger partial charge in [-0.2, -0.15) is 0 Å². The molecule has 1 fully saturated rings. The van der Waals surface area contributed by atoms with E-state index >= 15 is 0 Å². The first kappa shape index (κ1) is 13.5. The highest BCUT2D eigenvalue weighted by molar-refractivity contribution is 5.76. The molecule has 0 aromatic rings. The second-order valence-electron chi connectivity index (χ2n) is 5.29. The summed E-state index contributed by atoms with van der Waals surface area (Å²) in [7, 11) is 0. The lowest BCUT2D eigenvalue weighted by atomic mass is 9.86. The molecule has 1 saturated carbocycles. The monoisotopic (exact) mass is 226 g/mol. The molecule has 1 aliphatic carbocycles. The zero-order valence-corrected chi connectivity index (χ0v) is 10.9. The van der Waals surface area contributed by atoms with Crippen LogP contribution < -0.4 is 10.6 Å². The molecule has 1 aliphatic rings. The fraction of sp³-hybridized carbons (Fsp3) is 0.923. The molecule has 2 N–H and O–H groups in total. The number of hydrogen-bond donors (Lipinski definition) is 2. The molecule has 1 rings (SSSR count). The molecule has 2 unspecified atom stereocenters. The third-order valence-corrected chi connectivity index (χ3v) is 3.36. The molecule has 0 radical (unpaired) electrons. The summed E-state index contributed by atoms with van der Waals surface area (Å²) >= 11 is 0. The van der Waals surface area contributed by atoms with Gasteiger partial charge in [-0.3, -0.25) is 4.79 Å². The minimum atomic E-state index is 0.201. The third kappa shape index (κ3) is 4.97. The van der Waals surface area contributed by atoms with Gasteiger partial charge in [-0.1, -0.05) is 33.6 Å². The van der Waals surface area contributed by atoms with Crippen LogP contribution in [0.1, 0.15) is 52.9 Å². The lowest BCUT2D eigenvalue weighted by Gasteiger charge is -2.29. The smallest absolute Gasteiger partial charge is 0.221 e. The number of hydrogen-bond acceptors (Lipinski definition) is 2. The summed E-state index contributed by atoms with van der Waals surface area (Å²) in [6.45, 7) is 7.23. The Balaban J connectivity index is 2.17. The maximum atomic E-state index is 11.7. The van der Waals surface area contributed by atoms with Crippen LogP contribution in [0.5, 0.6) is 0 Å². The molecular weight excluding hydrogens is 200 g/mol.